The number of aliphatic hydroxyl groups is 1. The minimum atomic E-state index is -2.96. The quantitative estimate of drug-likeness (QED) is 0.0419. The molecule has 133 heavy (non-hydrogen) atoms. The molecule has 14 heterocycles. The van der Waals surface area contributed by atoms with E-state index < -0.39 is 29.9 Å². The molecule has 0 unspecified atom stereocenters. The molecule has 43 heteroatoms. The number of aromatic nitrogens is 12. The van der Waals surface area contributed by atoms with Gasteiger partial charge in [-0.3, -0.25) is 28.3 Å². The van der Waals surface area contributed by atoms with E-state index in [4.69, 9.17) is 13.6 Å². The molecule has 10 aromatic rings. The highest BCUT2D eigenvalue weighted by atomic mass is 79.9. The Kier molecular flexibility index (Phi) is 29.2. The lowest BCUT2D eigenvalue weighted by molar-refractivity contribution is -0.0511. The second-order valence-electron chi connectivity index (χ2n) is 37.1. The van der Waals surface area contributed by atoms with Gasteiger partial charge in [0, 0.05) is 210 Å². The number of amides is 8. The van der Waals surface area contributed by atoms with Gasteiger partial charge in [-0.25, -0.2) is 59.0 Å². The van der Waals surface area contributed by atoms with Gasteiger partial charge < -0.3 is 82.6 Å². The number of aliphatic hydroxyl groups excluding tert-OH is 1. The molecule has 35 nitrogen and oxygen atoms in total. The topological polar surface area (TPSA) is 330 Å². The van der Waals surface area contributed by atoms with Crippen molar-refractivity contribution in [2.45, 2.75) is 128 Å². The number of halogens is 6. The molecule has 8 aliphatic heterocycles. The molecule has 18 rings (SSSR count). The number of ether oxygens (including phenoxy) is 2. The number of alkyl halides is 4. The maximum Gasteiger partial charge on any atom is 0.387 e. The Balaban J connectivity index is 0.000000143. The summed E-state index contributed by atoms with van der Waals surface area (Å²) in [6.45, 7) is 30.2. The van der Waals surface area contributed by atoms with Crippen LogP contribution in [0.3, 0.4) is 0 Å². The van der Waals surface area contributed by atoms with Crippen molar-refractivity contribution in [3.8, 4) is 33.8 Å². The van der Waals surface area contributed by atoms with E-state index >= 15 is 0 Å². The van der Waals surface area contributed by atoms with E-state index in [0.717, 1.165) is 82.4 Å². The minimum absolute atomic E-state index is 0.0134. The molecule has 8 saturated heterocycles. The predicted molar refractivity (Wildman–Crippen MR) is 509 cm³/mol. The average molecular weight is 2000 g/mol. The van der Waals surface area contributed by atoms with Crippen LogP contribution in [-0.2, 0) is 36.0 Å². The number of rotatable bonds is 24. The van der Waals surface area contributed by atoms with Crippen molar-refractivity contribution >= 4 is 118 Å². The van der Waals surface area contributed by atoms with E-state index in [1.54, 1.807) is 126 Å². The number of para-hydroxylation sites is 2. The number of benzene rings is 4. The highest BCUT2D eigenvalue weighted by Crippen LogP contribution is 2.39. The molecule has 2 N–H and O–H groups in total. The number of β-amino-alcohol motifs (C(OH)–C–C–N with tert-alkyl or cyclic N) is 1. The van der Waals surface area contributed by atoms with Crippen molar-refractivity contribution in [2.24, 2.45) is 14.1 Å². The van der Waals surface area contributed by atoms with Crippen LogP contribution in [0, 0.1) is 0 Å². The lowest BCUT2D eigenvalue weighted by atomic mass is 10.1. The molecule has 4 aromatic carbocycles. The number of fused-ring (bicyclic) bond motifs is 6. The van der Waals surface area contributed by atoms with E-state index in [1.165, 1.54) is 21.5 Å². The molecule has 710 valence electrons. The van der Waals surface area contributed by atoms with Gasteiger partial charge in [-0.05, 0) is 116 Å². The zero-order chi connectivity index (χ0) is 94.7. The Bertz CT molecular complexity index is 5940. The summed E-state index contributed by atoms with van der Waals surface area (Å²) in [6, 6.07) is 24.7. The van der Waals surface area contributed by atoms with E-state index in [1.807, 2.05) is 53.7 Å². The summed E-state index contributed by atoms with van der Waals surface area (Å²) in [7, 11) is -0.374. The number of piperazine rings is 4. The summed E-state index contributed by atoms with van der Waals surface area (Å²) >= 11 is 6.68. The van der Waals surface area contributed by atoms with E-state index in [-0.39, 0.29) is 101 Å². The molecule has 8 aliphatic rings. The first-order chi connectivity index (χ1) is 63.4. The number of nitrogens with one attached hydrogen (secondary N) is 1. The fraction of sp³-hybridized carbons (Fsp3) is 0.489. The summed E-state index contributed by atoms with van der Waals surface area (Å²) in [6.07, 6.45) is 14.0. The largest absolute Gasteiger partial charge is 0.434 e. The molecule has 0 radical (unpaired) electrons. The number of hydrogen-bond acceptors (Lipinski definition) is 23. The summed E-state index contributed by atoms with van der Waals surface area (Å²) in [4.78, 5) is 133. The third kappa shape index (κ3) is 21.6. The van der Waals surface area contributed by atoms with Gasteiger partial charge in [-0.1, -0.05) is 90.1 Å². The van der Waals surface area contributed by atoms with Crippen LogP contribution in [0.15, 0.2) is 153 Å². The zero-order valence-corrected chi connectivity index (χ0v) is 81.9. The van der Waals surface area contributed by atoms with Crippen LogP contribution in [0.25, 0.3) is 44.1 Å². The molecule has 6 aromatic heterocycles. The Hall–Kier alpha value is -11.4. The van der Waals surface area contributed by atoms with E-state index in [0.29, 0.717) is 143 Å². The van der Waals surface area contributed by atoms with Crippen LogP contribution < -0.4 is 45.5 Å². The van der Waals surface area contributed by atoms with Gasteiger partial charge in [0.1, 0.15) is 11.5 Å². The highest BCUT2D eigenvalue weighted by molar-refractivity contribution is 9.10. The summed E-state index contributed by atoms with van der Waals surface area (Å²) in [5.74, 6) is 2.74. The number of hydrogen-bond donors (Lipinski definition) is 2. The van der Waals surface area contributed by atoms with Crippen molar-refractivity contribution in [3.63, 3.8) is 0 Å². The third-order valence-corrected chi connectivity index (χ3v) is 36.7. The molecule has 0 saturated carbocycles. The molecule has 0 aliphatic carbocycles. The van der Waals surface area contributed by atoms with Crippen molar-refractivity contribution in [3.05, 3.63) is 175 Å². The SMILES string of the molecule is CC(C)(C)[Si](C)(C)OCCN1C[C@H]2CN(c3ncc(Br)cn3)CCN2C1=O.Cn1c(=O)c2ccc(-c3cnc(N4CCN5C(=O)N(CCO)C[C@H]5C4)nc3)cc2n1Cc1ccccc1OC(F)F.Cn1c(=O)c2ccc(-c3cnc(N4CCN5C(=O)N(CCO[Si](C)(C)C(C)(C)C)C[C@H]5C4)nc3)cc2n1Cc1ccccc1OC(F)F.O=C1NC[C@H]2CN(c3ncc(Br)cn3)CCN12. The number of carbonyl (C=O) groups excluding carboxylic acids is 4. The molecular formula is C90H114Br2F4N24O11Si2. The third-order valence-electron chi connectivity index (χ3n) is 26.8. The predicted octanol–water partition coefficient (Wildman–Crippen LogP) is 11.4. The normalized spacial score (nSPS) is 18.8. The van der Waals surface area contributed by atoms with Crippen LogP contribution in [0.2, 0.25) is 36.3 Å². The van der Waals surface area contributed by atoms with Crippen LogP contribution in [-0.4, -0.2) is 320 Å². The first-order valence-corrected chi connectivity index (χ1v) is 51.9. The Labute approximate surface area is 787 Å². The Morgan fingerprint density at radius 3 is 1.11 bits per heavy atom. The smallest absolute Gasteiger partial charge is 0.387 e. The maximum absolute atomic E-state index is 13.1. The van der Waals surface area contributed by atoms with Crippen molar-refractivity contribution in [2.75, 3.05) is 164 Å². The Morgan fingerprint density at radius 1 is 0.436 bits per heavy atom. The minimum Gasteiger partial charge on any atom is -0.434 e. The number of urea groups is 4. The molecule has 8 amide bonds. The van der Waals surface area contributed by atoms with Gasteiger partial charge in [0.2, 0.25) is 23.8 Å². The number of carbonyl (C=O) groups is 4. The summed E-state index contributed by atoms with van der Waals surface area (Å²) in [5, 5.41) is 13.4. The van der Waals surface area contributed by atoms with E-state index in [2.05, 4.69) is 169 Å². The standard InChI is InChI=1S/C34H43F2N7O4Si.C28H29F2N7O4.C18H30BrN5O2Si.C10H12BrN5O/c1-34(2,3)48(5,6)46-16-15-41-22-26-21-40(13-14-42(26)33(41)45)32-37-18-25(19-38-32)23-11-12-27-28(17-23)43(39(4)30(27)44)20-24-9-7-8-10-29(24)47-31(35)36;1-33-25(39)22-7-6-18(12-23(22)37(33)15-19-4-2-3-5-24(19)41-26(29)30)20-13-31-27(32-14-20)34-8-9-36-21(16-34)17-35(10-11-38)28(36)40;1-18(2,3)27(4,5)26-9-8-23-13-15-12-22(6-7-24(15)17(23)25)16-20-10-14(19)11-21-16;11-7-3-12-9(13-4-7)15-1-2-16-8(6-15)5-14-10(16)17/h7-12,17-19,26,31H,13-16,20-22H2,1-6H3;2-7,12-14,21,26,38H,8-11,15-17H2,1H3;10-11,15H,6-9,12-13H2,1-5H3;3-4,8H,1-2,5-6H2,(H,14,17)/t26-;21-;15-;8-/m1110/s1. The van der Waals surface area contributed by atoms with Gasteiger partial charge >= 0.3 is 37.3 Å². The first-order valence-electron chi connectivity index (χ1n) is 44.5. The molecule has 0 spiro atoms. The van der Waals surface area contributed by atoms with Crippen LogP contribution >= 0.6 is 31.9 Å². The molecular weight excluding hydrogens is 1890 g/mol. The first kappa shape index (κ1) is 96.2. The van der Waals surface area contributed by atoms with Crippen molar-refractivity contribution < 1.29 is 60.2 Å². The molecule has 8 fully saturated rings. The van der Waals surface area contributed by atoms with Gasteiger partial charge in [0.15, 0.2) is 16.6 Å². The lowest BCUT2D eigenvalue weighted by Crippen LogP contribution is -2.52. The lowest BCUT2D eigenvalue weighted by Gasteiger charge is -2.36. The second kappa shape index (κ2) is 40.4. The van der Waals surface area contributed by atoms with Crippen molar-refractivity contribution in [1.29, 1.82) is 0 Å². The van der Waals surface area contributed by atoms with E-state index in [9.17, 15) is 51.4 Å². The zero-order valence-electron chi connectivity index (χ0n) is 76.7. The van der Waals surface area contributed by atoms with Gasteiger partial charge in [-0.15, -0.1) is 0 Å². The van der Waals surface area contributed by atoms with Gasteiger partial charge in [0.25, 0.3) is 11.1 Å². The summed E-state index contributed by atoms with van der Waals surface area (Å²) in [5.41, 5.74) is 5.07. The highest BCUT2D eigenvalue weighted by Gasteiger charge is 2.46. The van der Waals surface area contributed by atoms with Gasteiger partial charge in [-0.2, -0.15) is 17.6 Å². The number of anilines is 4. The molecule has 0 bridgehead atoms. The van der Waals surface area contributed by atoms with Crippen molar-refractivity contribution in [1.82, 2.24) is 98.2 Å². The monoisotopic (exact) mass is 2000 g/mol. The summed E-state index contributed by atoms with van der Waals surface area (Å²) < 4.78 is 82.1. The molecule has 4 atom stereocenters. The Morgan fingerprint density at radius 2 is 0.767 bits per heavy atom. The maximum atomic E-state index is 13.1. The number of nitrogens with zero attached hydrogens (tertiary/aromatic N) is 23. The average Bonchev–Trinajstić information content (AvgIpc) is 1.62. The van der Waals surface area contributed by atoms with Crippen LogP contribution in [0.1, 0.15) is 52.7 Å². The fourth-order valence-corrected chi connectivity index (χ4v) is 19.8. The van der Waals surface area contributed by atoms with Gasteiger partial charge in [0.05, 0.1) is 87.8 Å². The second-order valence-corrected chi connectivity index (χ2v) is 48.6. The van der Waals surface area contributed by atoms with Crippen LogP contribution in [0.5, 0.6) is 11.5 Å². The van der Waals surface area contributed by atoms with Crippen LogP contribution in [0.4, 0.5) is 60.5 Å². The fourth-order valence-electron chi connectivity index (χ4n) is 17.3.